The number of aliphatic hydroxyl groups is 1. The first-order valence-corrected chi connectivity index (χ1v) is 16.6. The normalized spacial score (nSPS) is 22.1. The van der Waals surface area contributed by atoms with Crippen molar-refractivity contribution in [1.29, 1.82) is 0 Å². The van der Waals surface area contributed by atoms with E-state index in [1.54, 1.807) is 86.0 Å². The van der Waals surface area contributed by atoms with E-state index in [4.69, 9.17) is 19.0 Å². The van der Waals surface area contributed by atoms with E-state index in [1.807, 2.05) is 0 Å². The molecule has 0 radical (unpaired) electrons. The van der Waals surface area contributed by atoms with E-state index in [-0.39, 0.29) is 19.5 Å². The van der Waals surface area contributed by atoms with Gasteiger partial charge in [0.1, 0.15) is 22.0 Å². The molecule has 3 aromatic carbocycles. The number of methoxy groups -OCH3 is 1. The van der Waals surface area contributed by atoms with Gasteiger partial charge >= 0.3 is 0 Å². The van der Waals surface area contributed by atoms with Crippen molar-refractivity contribution in [3.8, 4) is 17.2 Å². The third-order valence-corrected chi connectivity index (χ3v) is 10.7. The van der Waals surface area contributed by atoms with E-state index < -0.39 is 51.0 Å². The van der Waals surface area contributed by atoms with Gasteiger partial charge in [0.2, 0.25) is 5.91 Å². The van der Waals surface area contributed by atoms with Gasteiger partial charge in [-0.05, 0) is 66.8 Å². The van der Waals surface area contributed by atoms with Gasteiger partial charge in [-0.25, -0.2) is 18.7 Å². The quantitative estimate of drug-likeness (QED) is 0.315. The number of carbonyl (C=O) groups excluding carboxylic acids is 2. The summed E-state index contributed by atoms with van der Waals surface area (Å²) in [6.07, 6.45) is -0.155. The van der Waals surface area contributed by atoms with Gasteiger partial charge in [0.25, 0.3) is 5.91 Å². The van der Waals surface area contributed by atoms with Crippen LogP contribution in [-0.4, -0.2) is 69.1 Å². The second-order valence-corrected chi connectivity index (χ2v) is 13.5. The fraction of sp³-hybridized carbons (Fsp3) is 0.394. The number of aliphatic hydroxyl groups excluding tert-OH is 1. The summed E-state index contributed by atoms with van der Waals surface area (Å²) >= 11 is 0. The van der Waals surface area contributed by atoms with Crippen LogP contribution in [0.3, 0.4) is 0 Å². The Morgan fingerprint density at radius 2 is 1.64 bits per heavy atom. The molecule has 3 atom stereocenters. The maximum absolute atomic E-state index is 14.1. The van der Waals surface area contributed by atoms with Crippen molar-refractivity contribution in [2.75, 3.05) is 32.6 Å². The zero-order chi connectivity index (χ0) is 31.9. The van der Waals surface area contributed by atoms with Crippen LogP contribution in [0.4, 0.5) is 0 Å². The molecule has 0 aliphatic carbocycles. The summed E-state index contributed by atoms with van der Waals surface area (Å²) in [7, 11) is -2.45. The summed E-state index contributed by atoms with van der Waals surface area (Å²) < 4.78 is 43.2. The van der Waals surface area contributed by atoms with Gasteiger partial charge in [-0.1, -0.05) is 42.5 Å². The average molecular weight is 639 g/mol. The van der Waals surface area contributed by atoms with E-state index >= 15 is 0 Å². The number of rotatable bonds is 10. The zero-order valence-electron chi connectivity index (χ0n) is 25.1. The molecule has 240 valence electrons. The number of benzene rings is 3. The van der Waals surface area contributed by atoms with Crippen LogP contribution in [0.25, 0.3) is 0 Å². The van der Waals surface area contributed by atoms with Gasteiger partial charge in [-0.3, -0.25) is 9.59 Å². The molecule has 0 saturated carbocycles. The van der Waals surface area contributed by atoms with Crippen molar-refractivity contribution in [2.45, 2.75) is 49.2 Å². The molecule has 5 rings (SSSR count). The predicted molar refractivity (Wildman–Crippen MR) is 165 cm³/mol. The van der Waals surface area contributed by atoms with Crippen molar-refractivity contribution in [1.82, 2.24) is 10.4 Å². The first kappa shape index (κ1) is 32.4. The lowest BCUT2D eigenvalue weighted by Crippen LogP contribution is -2.43. The van der Waals surface area contributed by atoms with Crippen LogP contribution in [0.15, 0.2) is 78.9 Å². The molecule has 2 amide bonds. The Labute approximate surface area is 262 Å². The summed E-state index contributed by atoms with van der Waals surface area (Å²) in [6.45, 7) is 0.397. The van der Waals surface area contributed by atoms with Gasteiger partial charge in [-0.15, -0.1) is 0 Å². The number of nitrogens with zero attached hydrogens (tertiary/aromatic N) is 1. The minimum absolute atomic E-state index is 0.00588. The van der Waals surface area contributed by atoms with Crippen LogP contribution in [0, 0.1) is 0 Å². The van der Waals surface area contributed by atoms with Gasteiger partial charge < -0.3 is 24.2 Å². The molecule has 2 unspecified atom stereocenters. The number of hydroxylamine groups is 1. The number of hydrogen-bond donors (Lipinski definition) is 2. The van der Waals surface area contributed by atoms with Crippen molar-refractivity contribution < 1.29 is 42.2 Å². The SMILES string of the molecule is COc1ccc(Oc2ccc(C3(CC(=O)NOC4CCCCO4)CCN(C(=O)[C@@H](O)c4ccccc4)CCS3(=O)=O)cc2)cc1. The van der Waals surface area contributed by atoms with Crippen LogP contribution in [0.1, 0.15) is 49.3 Å². The van der Waals surface area contributed by atoms with Crippen LogP contribution in [0.5, 0.6) is 17.2 Å². The molecule has 2 aliphatic rings. The van der Waals surface area contributed by atoms with Crippen molar-refractivity contribution >= 4 is 21.7 Å². The van der Waals surface area contributed by atoms with Crippen LogP contribution < -0.4 is 15.0 Å². The lowest BCUT2D eigenvalue weighted by Gasteiger charge is -2.32. The molecular formula is C33H38N2O9S. The van der Waals surface area contributed by atoms with E-state index in [0.29, 0.717) is 41.4 Å². The molecule has 2 N–H and O–H groups in total. The minimum Gasteiger partial charge on any atom is -0.497 e. The maximum Gasteiger partial charge on any atom is 0.256 e. The monoisotopic (exact) mass is 638 g/mol. The maximum atomic E-state index is 14.1. The number of ether oxygens (including phenoxy) is 3. The summed E-state index contributed by atoms with van der Waals surface area (Å²) in [4.78, 5) is 33.4. The topological polar surface area (TPSA) is 141 Å². The van der Waals surface area contributed by atoms with E-state index in [2.05, 4.69) is 5.48 Å². The smallest absolute Gasteiger partial charge is 0.256 e. The van der Waals surface area contributed by atoms with Crippen LogP contribution >= 0.6 is 0 Å². The molecule has 0 bridgehead atoms. The lowest BCUT2D eigenvalue weighted by molar-refractivity contribution is -0.200. The molecular weight excluding hydrogens is 600 g/mol. The summed E-state index contributed by atoms with van der Waals surface area (Å²) in [5, 5.41) is 10.8. The highest BCUT2D eigenvalue weighted by atomic mass is 32.2. The largest absolute Gasteiger partial charge is 0.497 e. The second-order valence-electron chi connectivity index (χ2n) is 11.1. The number of nitrogens with one attached hydrogen (secondary N) is 1. The Hall–Kier alpha value is -3.97. The molecule has 0 spiro atoms. The minimum atomic E-state index is -4.03. The van der Waals surface area contributed by atoms with Crippen molar-refractivity contribution in [3.63, 3.8) is 0 Å². The highest BCUT2D eigenvalue weighted by Gasteiger charge is 2.49. The first-order valence-electron chi connectivity index (χ1n) is 14.9. The molecule has 2 fully saturated rings. The Morgan fingerprint density at radius 3 is 2.29 bits per heavy atom. The van der Waals surface area contributed by atoms with E-state index in [9.17, 15) is 23.1 Å². The fourth-order valence-electron chi connectivity index (χ4n) is 5.64. The Bertz CT molecular complexity index is 1540. The number of carbonyl (C=O) groups is 2. The van der Waals surface area contributed by atoms with Crippen LogP contribution in [-0.2, 0) is 33.7 Å². The molecule has 0 aromatic heterocycles. The standard InChI is InChI=1S/C33H38N2O9S/c1-41-26-14-16-28(17-15-26)43-27-12-10-25(11-13-27)33(23-29(36)34-44-30-9-5-6-21-42-30)18-19-35(20-22-45(33,39)40)32(38)31(37)24-7-3-2-4-8-24/h2-4,7-8,10-17,30-31,37H,5-6,9,18-23H2,1H3,(H,34,36)/t30?,31-,33?/m0/s1. The second kappa shape index (κ2) is 14.4. The number of hydrogen-bond acceptors (Lipinski definition) is 9. The molecule has 45 heavy (non-hydrogen) atoms. The van der Waals surface area contributed by atoms with Crippen molar-refractivity contribution in [3.05, 3.63) is 90.0 Å². The molecule has 11 nitrogen and oxygen atoms in total. The van der Waals surface area contributed by atoms with Gasteiger partial charge in [0.05, 0.1) is 19.3 Å². The third-order valence-electron chi connectivity index (χ3n) is 8.24. The summed E-state index contributed by atoms with van der Waals surface area (Å²) in [5.41, 5.74) is 3.19. The first-order chi connectivity index (χ1) is 21.7. The lowest BCUT2D eigenvalue weighted by atomic mass is 9.90. The molecule has 12 heteroatoms. The Morgan fingerprint density at radius 1 is 0.978 bits per heavy atom. The Balaban J connectivity index is 1.40. The highest BCUT2D eigenvalue weighted by molar-refractivity contribution is 7.92. The summed E-state index contributed by atoms with van der Waals surface area (Å²) in [6, 6.07) is 22.0. The van der Waals surface area contributed by atoms with Gasteiger partial charge in [0, 0.05) is 26.1 Å². The van der Waals surface area contributed by atoms with Crippen molar-refractivity contribution in [2.24, 2.45) is 0 Å². The third kappa shape index (κ3) is 7.64. The molecule has 2 aliphatic heterocycles. The molecule has 2 heterocycles. The van der Waals surface area contributed by atoms with Gasteiger partial charge in [-0.2, -0.15) is 0 Å². The summed E-state index contributed by atoms with van der Waals surface area (Å²) in [5.74, 6) is 0.0833. The van der Waals surface area contributed by atoms with E-state index in [1.165, 1.54) is 4.90 Å². The zero-order valence-corrected chi connectivity index (χ0v) is 25.9. The molecule has 3 aromatic rings. The molecule has 2 saturated heterocycles. The van der Waals surface area contributed by atoms with Gasteiger partial charge in [0.15, 0.2) is 22.2 Å². The highest BCUT2D eigenvalue weighted by Crippen LogP contribution is 2.41. The number of sulfone groups is 1. The Kier molecular flexibility index (Phi) is 10.4. The predicted octanol–water partition coefficient (Wildman–Crippen LogP) is 4.03. The van der Waals surface area contributed by atoms with Crippen LogP contribution in [0.2, 0.25) is 0 Å². The fourth-order valence-corrected chi connectivity index (χ4v) is 7.74. The van der Waals surface area contributed by atoms with E-state index in [0.717, 1.165) is 12.8 Å². The average Bonchev–Trinajstić information content (AvgIpc) is 3.20. The number of amides is 2.